The second-order valence-electron chi connectivity index (χ2n) is 2.14. The second-order valence-corrected chi connectivity index (χ2v) is 2.58. The van der Waals surface area contributed by atoms with E-state index < -0.39 is 5.97 Å². The van der Waals surface area contributed by atoms with E-state index in [1.54, 1.807) is 6.07 Å². The van der Waals surface area contributed by atoms with Crippen LogP contribution in [0.2, 0.25) is 0 Å². The minimum absolute atomic E-state index is 0. The van der Waals surface area contributed by atoms with E-state index in [0.717, 1.165) is 0 Å². The van der Waals surface area contributed by atoms with Crippen molar-refractivity contribution in [2.45, 2.75) is 4.90 Å². The van der Waals surface area contributed by atoms with Gasteiger partial charge in [-0.05, 0) is 6.07 Å². The molecule has 0 aliphatic carbocycles. The number of hydrogen-bond acceptors (Lipinski definition) is 4. The van der Waals surface area contributed by atoms with Crippen LogP contribution in [0.3, 0.4) is 0 Å². The van der Waals surface area contributed by atoms with Crippen molar-refractivity contribution in [2.24, 2.45) is 0 Å². The molecule has 3 nitrogen and oxygen atoms in total. The summed E-state index contributed by atoms with van der Waals surface area (Å²) in [5.41, 5.74) is 0.102. The molecule has 0 saturated heterocycles. The van der Waals surface area contributed by atoms with Crippen molar-refractivity contribution in [1.29, 1.82) is 0 Å². The Bertz CT molecular complexity index is 314. The van der Waals surface area contributed by atoms with Crippen LogP contribution in [0.15, 0.2) is 23.1 Å². The number of carbonyl (C=O) groups is 1. The van der Waals surface area contributed by atoms with Gasteiger partial charge in [-0.25, -0.2) is 4.79 Å². The molecule has 0 heterocycles. The molecule has 0 spiro atoms. The van der Waals surface area contributed by atoms with E-state index in [9.17, 15) is 9.90 Å². The van der Waals surface area contributed by atoms with Crippen molar-refractivity contribution in [3.8, 4) is 5.75 Å². The van der Waals surface area contributed by atoms with Gasteiger partial charge >= 0.3 is 35.5 Å². The van der Waals surface area contributed by atoms with Gasteiger partial charge in [0.2, 0.25) is 0 Å². The largest absolute Gasteiger partial charge is 1.00 e. The van der Waals surface area contributed by atoms with E-state index in [-0.39, 0.29) is 45.8 Å². The standard InChI is InChI=1S/C8H8O3S.Na/c1-11-8(10)5-3-2-4-6(12)7(5)9;/h2-4,9,12H,1H3;/q;+1/p-1. The average Bonchev–Trinajstić information content (AvgIpc) is 2.08. The summed E-state index contributed by atoms with van der Waals surface area (Å²) < 4.78 is 4.43. The van der Waals surface area contributed by atoms with Crippen molar-refractivity contribution in [3.63, 3.8) is 0 Å². The van der Waals surface area contributed by atoms with Crippen LogP contribution in [-0.2, 0) is 17.4 Å². The molecule has 0 aliphatic rings. The Hall–Kier alpha value is -0.290. The minimum Gasteiger partial charge on any atom is -0.776 e. The molecular weight excluding hydrogens is 199 g/mol. The Balaban J connectivity index is 0.00000144. The summed E-state index contributed by atoms with van der Waals surface area (Å²) in [5, 5.41) is 9.29. The Kier molecular flexibility index (Phi) is 5.32. The summed E-state index contributed by atoms with van der Waals surface area (Å²) in [5.74, 6) is -0.779. The summed E-state index contributed by atoms with van der Waals surface area (Å²) in [7, 11) is 1.25. The molecule has 1 aromatic carbocycles. The van der Waals surface area contributed by atoms with Crippen LogP contribution in [0, 0.1) is 0 Å². The third kappa shape index (κ3) is 2.84. The average molecular weight is 206 g/mol. The van der Waals surface area contributed by atoms with E-state index in [4.69, 9.17) is 12.6 Å². The molecule has 64 valence electrons. The van der Waals surface area contributed by atoms with Crippen LogP contribution >= 0.6 is 0 Å². The zero-order chi connectivity index (χ0) is 9.14. The Labute approximate surface area is 104 Å². The molecular formula is C8H7NaO3S. The fourth-order valence-corrected chi connectivity index (χ4v) is 0.986. The number of hydrogen-bond donors (Lipinski definition) is 1. The van der Waals surface area contributed by atoms with Gasteiger partial charge in [0.1, 0.15) is 5.75 Å². The number of carbonyl (C=O) groups excluding carboxylic acids is 1. The van der Waals surface area contributed by atoms with Gasteiger partial charge in [-0.1, -0.05) is 12.1 Å². The normalized spacial score (nSPS) is 8.69. The first-order valence-electron chi connectivity index (χ1n) is 3.24. The van der Waals surface area contributed by atoms with Crippen LogP contribution in [0.25, 0.3) is 0 Å². The topological polar surface area (TPSA) is 46.5 Å². The predicted octanol–water partition coefficient (Wildman–Crippen LogP) is -1.91. The molecule has 0 bridgehead atoms. The van der Waals surface area contributed by atoms with Crippen molar-refractivity contribution in [1.82, 2.24) is 0 Å². The van der Waals surface area contributed by atoms with Gasteiger partial charge in [-0.2, -0.15) is 0 Å². The van der Waals surface area contributed by atoms with Crippen molar-refractivity contribution >= 4 is 18.6 Å². The van der Waals surface area contributed by atoms with E-state index in [1.165, 1.54) is 19.2 Å². The van der Waals surface area contributed by atoms with E-state index >= 15 is 0 Å². The summed E-state index contributed by atoms with van der Waals surface area (Å²) in [6.07, 6.45) is 0. The van der Waals surface area contributed by atoms with Crippen LogP contribution in [0.1, 0.15) is 10.4 Å². The SMILES string of the molecule is COC(=O)c1cccc([S-])c1O.[Na+]. The first-order chi connectivity index (χ1) is 5.66. The molecule has 0 saturated carbocycles. The van der Waals surface area contributed by atoms with Crippen LogP contribution in [0.5, 0.6) is 5.75 Å². The van der Waals surface area contributed by atoms with Crippen LogP contribution in [-0.4, -0.2) is 18.2 Å². The predicted molar refractivity (Wildman–Crippen MR) is 45.1 cm³/mol. The fourth-order valence-electron chi connectivity index (χ4n) is 0.797. The molecule has 0 fully saturated rings. The monoisotopic (exact) mass is 206 g/mol. The Morgan fingerprint density at radius 2 is 2.15 bits per heavy atom. The molecule has 0 unspecified atom stereocenters. The second kappa shape index (κ2) is 5.44. The first-order valence-corrected chi connectivity index (χ1v) is 3.65. The van der Waals surface area contributed by atoms with Gasteiger partial charge in [-0.15, -0.1) is 4.90 Å². The summed E-state index contributed by atoms with van der Waals surface area (Å²) in [6, 6.07) is 4.59. The van der Waals surface area contributed by atoms with E-state index in [2.05, 4.69) is 4.74 Å². The number of methoxy groups -OCH3 is 1. The smallest absolute Gasteiger partial charge is 0.776 e. The minimum atomic E-state index is -0.584. The zero-order valence-corrected chi connectivity index (χ0v) is 10.2. The molecule has 0 aromatic heterocycles. The molecule has 0 aliphatic heterocycles. The van der Waals surface area contributed by atoms with Crippen LogP contribution in [0.4, 0.5) is 0 Å². The van der Waals surface area contributed by atoms with Gasteiger partial charge in [0.25, 0.3) is 0 Å². The molecule has 0 amide bonds. The molecule has 1 rings (SSSR count). The van der Waals surface area contributed by atoms with Gasteiger partial charge < -0.3 is 22.5 Å². The number of ether oxygens (including phenoxy) is 1. The maximum absolute atomic E-state index is 11.0. The maximum Gasteiger partial charge on any atom is 1.00 e. The number of aromatic hydroxyl groups is 1. The number of esters is 1. The molecule has 13 heavy (non-hydrogen) atoms. The summed E-state index contributed by atoms with van der Waals surface area (Å²) in [6.45, 7) is 0. The molecule has 1 aromatic rings. The number of phenols is 1. The molecule has 5 heteroatoms. The van der Waals surface area contributed by atoms with Crippen molar-refractivity contribution in [2.75, 3.05) is 7.11 Å². The maximum atomic E-state index is 11.0. The Morgan fingerprint density at radius 1 is 1.54 bits per heavy atom. The summed E-state index contributed by atoms with van der Waals surface area (Å²) in [4.78, 5) is 11.2. The van der Waals surface area contributed by atoms with Gasteiger partial charge in [0, 0.05) is 0 Å². The zero-order valence-electron chi connectivity index (χ0n) is 7.40. The molecule has 0 atom stereocenters. The third-order valence-corrected chi connectivity index (χ3v) is 1.73. The van der Waals surface area contributed by atoms with Gasteiger partial charge in [0.05, 0.1) is 12.7 Å². The van der Waals surface area contributed by atoms with E-state index in [1.807, 2.05) is 0 Å². The van der Waals surface area contributed by atoms with Crippen molar-refractivity contribution < 1.29 is 44.2 Å². The summed E-state index contributed by atoms with van der Waals surface area (Å²) >= 11 is 4.75. The number of para-hydroxylation sites is 1. The molecule has 0 radical (unpaired) electrons. The Morgan fingerprint density at radius 3 is 2.69 bits per heavy atom. The van der Waals surface area contributed by atoms with Crippen LogP contribution < -0.4 is 29.6 Å². The van der Waals surface area contributed by atoms with Gasteiger partial charge in [-0.3, -0.25) is 0 Å². The molecule has 1 N–H and O–H groups in total. The first kappa shape index (κ1) is 12.7. The fraction of sp³-hybridized carbons (Fsp3) is 0.125. The number of phenolic OH excluding ortho intramolecular Hbond substituents is 1. The van der Waals surface area contributed by atoms with E-state index in [0.29, 0.717) is 0 Å². The van der Waals surface area contributed by atoms with Crippen molar-refractivity contribution in [3.05, 3.63) is 23.8 Å². The number of benzene rings is 1. The number of rotatable bonds is 1. The quantitative estimate of drug-likeness (QED) is 0.331. The third-order valence-electron chi connectivity index (χ3n) is 1.40. The van der Waals surface area contributed by atoms with Gasteiger partial charge in [0.15, 0.2) is 0 Å².